The van der Waals surface area contributed by atoms with E-state index in [1.807, 2.05) is 18.7 Å². The van der Waals surface area contributed by atoms with Gasteiger partial charge in [0.15, 0.2) is 5.82 Å². The number of aromatic nitrogens is 2. The fourth-order valence-corrected chi connectivity index (χ4v) is 4.47. The Morgan fingerprint density at radius 3 is 2.96 bits per heavy atom. The van der Waals surface area contributed by atoms with Crippen LogP contribution in [0, 0.1) is 5.92 Å². The Balaban J connectivity index is 1.61. The zero-order chi connectivity index (χ0) is 18.5. The molecule has 0 radical (unpaired) electrons. The van der Waals surface area contributed by atoms with E-state index in [4.69, 9.17) is 16.1 Å². The second-order valence-corrected chi connectivity index (χ2v) is 8.12. The fourth-order valence-electron chi connectivity index (χ4n) is 4.29. The molecule has 1 saturated carbocycles. The van der Waals surface area contributed by atoms with Crippen molar-refractivity contribution in [2.75, 3.05) is 13.1 Å². The number of hydrogen-bond donors (Lipinski definition) is 1. The number of halogens is 1. The molecule has 2 atom stereocenters. The van der Waals surface area contributed by atoms with Gasteiger partial charge in [0, 0.05) is 24.6 Å². The quantitative estimate of drug-likeness (QED) is 0.883. The molecule has 1 aliphatic heterocycles. The molecule has 0 bridgehead atoms. The molecular weight excluding hydrogens is 354 g/mol. The van der Waals surface area contributed by atoms with Crippen LogP contribution in [-0.2, 0) is 5.41 Å². The van der Waals surface area contributed by atoms with Gasteiger partial charge >= 0.3 is 0 Å². The Hall–Kier alpha value is -2.08. The van der Waals surface area contributed by atoms with Crippen molar-refractivity contribution in [2.45, 2.75) is 44.4 Å². The lowest BCUT2D eigenvalue weighted by Crippen LogP contribution is -2.35. The van der Waals surface area contributed by atoms with Crippen LogP contribution in [0.3, 0.4) is 0 Å². The molecule has 1 aliphatic carbocycles. The third kappa shape index (κ3) is 2.67. The van der Waals surface area contributed by atoms with Gasteiger partial charge in [-0.3, -0.25) is 4.79 Å². The number of carbonyl (C=O) groups is 1. The predicted octanol–water partition coefficient (Wildman–Crippen LogP) is 3.75. The lowest BCUT2D eigenvalue weighted by atomic mass is 9.80. The average molecular weight is 376 g/mol. The van der Waals surface area contributed by atoms with Crippen LogP contribution in [0.1, 0.15) is 61.1 Å². The first-order valence-corrected chi connectivity index (χ1v) is 9.40. The van der Waals surface area contributed by atoms with Gasteiger partial charge < -0.3 is 14.5 Å². The summed E-state index contributed by atoms with van der Waals surface area (Å²) in [5.74, 6) is 1.83. The van der Waals surface area contributed by atoms with E-state index in [1.54, 1.807) is 6.07 Å². The van der Waals surface area contributed by atoms with Gasteiger partial charge in [-0.1, -0.05) is 37.0 Å². The van der Waals surface area contributed by atoms with Gasteiger partial charge in [-0.25, -0.2) is 0 Å². The summed E-state index contributed by atoms with van der Waals surface area (Å²) in [6.07, 6.45) is 3.12. The number of carbonyl (C=O) groups excluding carboxylic acids is 1. The highest BCUT2D eigenvalue weighted by Gasteiger charge is 2.55. The second kappa shape index (κ2) is 6.27. The standard InChI is InChI=1S/C19H22ClN3O3/c1-11(2)16-21-18(26-22-16)19-7-3-4-13(19)9-23(10-19)17(25)12-5-6-15(24)14(20)8-12/h5-6,8,11,13,24H,3-4,7,9-10H2,1-2H3/t13-,19-/m1/s1. The summed E-state index contributed by atoms with van der Waals surface area (Å²) in [6, 6.07) is 4.58. The highest BCUT2D eigenvalue weighted by atomic mass is 35.5. The number of hydrogen-bond acceptors (Lipinski definition) is 5. The molecule has 4 rings (SSSR count). The Labute approximate surface area is 157 Å². The first-order chi connectivity index (χ1) is 12.4. The number of nitrogens with zero attached hydrogens (tertiary/aromatic N) is 3. The molecule has 1 amide bonds. The van der Waals surface area contributed by atoms with Crippen molar-refractivity contribution in [1.29, 1.82) is 0 Å². The Morgan fingerprint density at radius 2 is 2.27 bits per heavy atom. The van der Waals surface area contributed by atoms with Crippen LogP contribution >= 0.6 is 11.6 Å². The van der Waals surface area contributed by atoms with Crippen molar-refractivity contribution in [3.8, 4) is 5.75 Å². The van der Waals surface area contributed by atoms with Crippen molar-refractivity contribution in [3.05, 3.63) is 40.5 Å². The minimum absolute atomic E-state index is 0.0231. The molecule has 0 spiro atoms. The van der Waals surface area contributed by atoms with Crippen molar-refractivity contribution in [1.82, 2.24) is 15.0 Å². The van der Waals surface area contributed by atoms with Crippen molar-refractivity contribution in [3.63, 3.8) is 0 Å². The average Bonchev–Trinajstić information content (AvgIpc) is 3.29. The number of likely N-dealkylation sites (tertiary alicyclic amines) is 1. The molecule has 1 N–H and O–H groups in total. The van der Waals surface area contributed by atoms with E-state index in [0.29, 0.717) is 30.5 Å². The molecule has 7 heteroatoms. The van der Waals surface area contributed by atoms with Gasteiger partial charge in [-0.2, -0.15) is 4.98 Å². The van der Waals surface area contributed by atoms with E-state index >= 15 is 0 Å². The Morgan fingerprint density at radius 1 is 1.46 bits per heavy atom. The summed E-state index contributed by atoms with van der Waals surface area (Å²) in [5, 5.41) is 13.9. The predicted molar refractivity (Wildman–Crippen MR) is 96.4 cm³/mol. The van der Waals surface area contributed by atoms with Crippen LogP contribution < -0.4 is 0 Å². The summed E-state index contributed by atoms with van der Waals surface area (Å²) in [7, 11) is 0. The third-order valence-corrected chi connectivity index (χ3v) is 6.04. The fraction of sp³-hybridized carbons (Fsp3) is 0.526. The third-order valence-electron chi connectivity index (χ3n) is 5.74. The number of rotatable bonds is 3. The Kier molecular flexibility index (Phi) is 4.18. The SMILES string of the molecule is CC(C)c1noc([C@@]23CCC[C@@H]2CN(C(=O)c2ccc(O)c(Cl)c2)C3)n1. The van der Waals surface area contributed by atoms with Crippen LogP contribution in [0.5, 0.6) is 5.75 Å². The van der Waals surface area contributed by atoms with E-state index in [0.717, 1.165) is 25.1 Å². The van der Waals surface area contributed by atoms with Gasteiger partial charge in [-0.15, -0.1) is 0 Å². The maximum absolute atomic E-state index is 12.9. The van der Waals surface area contributed by atoms with E-state index in [-0.39, 0.29) is 28.0 Å². The first-order valence-electron chi connectivity index (χ1n) is 9.02. The molecule has 1 aromatic carbocycles. The topological polar surface area (TPSA) is 79.5 Å². The minimum Gasteiger partial charge on any atom is -0.506 e. The van der Waals surface area contributed by atoms with E-state index < -0.39 is 0 Å². The van der Waals surface area contributed by atoms with Crippen LogP contribution in [-0.4, -0.2) is 39.1 Å². The number of fused-ring (bicyclic) bond motifs is 1. The summed E-state index contributed by atoms with van der Waals surface area (Å²) < 4.78 is 5.63. The largest absolute Gasteiger partial charge is 0.506 e. The van der Waals surface area contributed by atoms with Gasteiger partial charge in [0.25, 0.3) is 5.91 Å². The highest BCUT2D eigenvalue weighted by molar-refractivity contribution is 6.32. The first kappa shape index (κ1) is 17.3. The lowest BCUT2D eigenvalue weighted by Gasteiger charge is -2.24. The molecule has 26 heavy (non-hydrogen) atoms. The van der Waals surface area contributed by atoms with Crippen molar-refractivity contribution >= 4 is 17.5 Å². The van der Waals surface area contributed by atoms with Crippen LogP contribution in [0.4, 0.5) is 0 Å². The molecule has 0 unspecified atom stereocenters. The molecule has 2 aromatic rings. The molecular formula is C19H22ClN3O3. The van der Waals surface area contributed by atoms with Crippen molar-refractivity contribution in [2.24, 2.45) is 5.92 Å². The van der Waals surface area contributed by atoms with Gasteiger partial charge in [-0.05, 0) is 37.0 Å². The van der Waals surface area contributed by atoms with Crippen LogP contribution in [0.25, 0.3) is 0 Å². The number of aromatic hydroxyl groups is 1. The number of phenolic OH excluding ortho intramolecular Hbond substituents is 1. The maximum atomic E-state index is 12.9. The maximum Gasteiger partial charge on any atom is 0.253 e. The zero-order valence-electron chi connectivity index (χ0n) is 14.9. The van der Waals surface area contributed by atoms with Crippen LogP contribution in [0.15, 0.2) is 22.7 Å². The second-order valence-electron chi connectivity index (χ2n) is 7.71. The summed E-state index contributed by atoms with van der Waals surface area (Å²) >= 11 is 5.96. The van der Waals surface area contributed by atoms with Crippen molar-refractivity contribution < 1.29 is 14.4 Å². The summed E-state index contributed by atoms with van der Waals surface area (Å²) in [5.41, 5.74) is 0.243. The smallest absolute Gasteiger partial charge is 0.253 e. The summed E-state index contributed by atoms with van der Waals surface area (Å²) in [4.78, 5) is 19.4. The normalized spacial score (nSPS) is 25.1. The van der Waals surface area contributed by atoms with E-state index in [9.17, 15) is 9.90 Å². The molecule has 1 saturated heterocycles. The molecule has 6 nitrogen and oxygen atoms in total. The van der Waals surface area contributed by atoms with Crippen LogP contribution in [0.2, 0.25) is 5.02 Å². The molecule has 1 aromatic heterocycles. The highest BCUT2D eigenvalue weighted by Crippen LogP contribution is 2.50. The van der Waals surface area contributed by atoms with Gasteiger partial charge in [0.2, 0.25) is 5.89 Å². The van der Waals surface area contributed by atoms with E-state index in [1.165, 1.54) is 12.1 Å². The monoisotopic (exact) mass is 375 g/mol. The number of amides is 1. The Bertz CT molecular complexity index is 850. The van der Waals surface area contributed by atoms with Gasteiger partial charge in [0.1, 0.15) is 5.75 Å². The molecule has 2 aliphatic rings. The zero-order valence-corrected chi connectivity index (χ0v) is 15.7. The number of benzene rings is 1. The number of phenols is 1. The van der Waals surface area contributed by atoms with Gasteiger partial charge in [0.05, 0.1) is 10.4 Å². The minimum atomic E-state index is -0.240. The molecule has 2 fully saturated rings. The molecule has 138 valence electrons. The van der Waals surface area contributed by atoms with E-state index in [2.05, 4.69) is 10.1 Å². The summed E-state index contributed by atoms with van der Waals surface area (Å²) in [6.45, 7) is 5.33. The lowest BCUT2D eigenvalue weighted by molar-refractivity contribution is 0.0775. The molecule has 2 heterocycles.